The van der Waals surface area contributed by atoms with Crippen LogP contribution in [0.1, 0.15) is 5.56 Å². The van der Waals surface area contributed by atoms with E-state index in [9.17, 15) is 24.4 Å². The highest BCUT2D eigenvalue weighted by Gasteiger charge is 2.18. The number of hydrogen-bond donors (Lipinski definition) is 3. The Kier molecular flexibility index (Phi) is 6.04. The lowest BCUT2D eigenvalue weighted by molar-refractivity contribution is -0.385. The Balaban J connectivity index is 1.99. The molecule has 0 spiro atoms. The number of ether oxygens (including phenoxy) is 1. The van der Waals surface area contributed by atoms with Crippen LogP contribution in [0.3, 0.4) is 0 Å². The fourth-order valence-electron chi connectivity index (χ4n) is 1.93. The predicted molar refractivity (Wildman–Crippen MR) is 91.9 cm³/mol. The van der Waals surface area contributed by atoms with Gasteiger partial charge < -0.3 is 15.2 Å². The topological polar surface area (TPSA) is 126 Å². The molecule has 0 radical (unpaired) electrons. The number of nitro benzene ring substituents is 1. The molecule has 26 heavy (non-hydrogen) atoms. The first-order valence-electron chi connectivity index (χ1n) is 7.27. The normalized spacial score (nSPS) is 10.5. The molecule has 0 aliphatic carbocycles. The number of carbonyl (C=O) groups excluding carboxylic acids is 1. The Labute approximate surface area is 147 Å². The lowest BCUT2D eigenvalue weighted by Crippen LogP contribution is -2.25. The van der Waals surface area contributed by atoms with Crippen LogP contribution in [0.25, 0.3) is 0 Å². The average Bonchev–Trinajstić information content (AvgIpc) is 2.62. The first-order chi connectivity index (χ1) is 12.4. The van der Waals surface area contributed by atoms with Crippen molar-refractivity contribution in [3.05, 3.63) is 57.9 Å². The minimum Gasteiger partial charge on any atom is -0.502 e. The Hall–Kier alpha value is -3.69. The van der Waals surface area contributed by atoms with Gasteiger partial charge in [0, 0.05) is 11.3 Å². The number of halogens is 1. The summed E-state index contributed by atoms with van der Waals surface area (Å²) in [5.41, 5.74) is 2.20. The van der Waals surface area contributed by atoms with Gasteiger partial charge in [-0.2, -0.15) is 5.10 Å². The van der Waals surface area contributed by atoms with Crippen molar-refractivity contribution in [2.24, 2.45) is 5.10 Å². The van der Waals surface area contributed by atoms with Crippen LogP contribution >= 0.6 is 0 Å². The molecule has 0 atom stereocenters. The van der Waals surface area contributed by atoms with Crippen molar-refractivity contribution in [3.8, 4) is 11.5 Å². The van der Waals surface area contributed by atoms with Gasteiger partial charge in [0.2, 0.25) is 5.75 Å². The summed E-state index contributed by atoms with van der Waals surface area (Å²) in [5, 5.41) is 27.2. The molecule has 1 amide bonds. The van der Waals surface area contributed by atoms with E-state index in [1.807, 2.05) is 0 Å². The van der Waals surface area contributed by atoms with E-state index in [-0.39, 0.29) is 17.9 Å². The minimum absolute atomic E-state index is 0.00263. The first kappa shape index (κ1) is 18.6. The highest BCUT2D eigenvalue weighted by atomic mass is 19.1. The van der Waals surface area contributed by atoms with E-state index in [0.29, 0.717) is 5.69 Å². The zero-order chi connectivity index (χ0) is 19.1. The third-order valence-electron chi connectivity index (χ3n) is 3.22. The van der Waals surface area contributed by atoms with Crippen molar-refractivity contribution in [2.45, 2.75) is 0 Å². The van der Waals surface area contributed by atoms with Crippen molar-refractivity contribution in [3.63, 3.8) is 0 Å². The molecule has 0 aliphatic heterocycles. The molecular formula is C16H15FN4O5. The van der Waals surface area contributed by atoms with Crippen molar-refractivity contribution >= 4 is 23.5 Å². The fourth-order valence-corrected chi connectivity index (χ4v) is 1.93. The number of nitrogens with one attached hydrogen (secondary N) is 2. The summed E-state index contributed by atoms with van der Waals surface area (Å²) in [7, 11) is 1.32. The molecule has 3 N–H and O–H groups in total. The summed E-state index contributed by atoms with van der Waals surface area (Å²) in [4.78, 5) is 21.8. The van der Waals surface area contributed by atoms with E-state index in [0.717, 1.165) is 12.3 Å². The Bertz CT molecular complexity index is 839. The van der Waals surface area contributed by atoms with Gasteiger partial charge in [0.25, 0.3) is 5.91 Å². The largest absolute Gasteiger partial charge is 0.502 e. The van der Waals surface area contributed by atoms with Gasteiger partial charge in [-0.1, -0.05) is 0 Å². The molecule has 0 fully saturated rings. The maximum absolute atomic E-state index is 12.8. The molecule has 136 valence electrons. The second-order valence-corrected chi connectivity index (χ2v) is 5.00. The molecule has 2 aromatic carbocycles. The van der Waals surface area contributed by atoms with Gasteiger partial charge in [-0.15, -0.1) is 0 Å². The maximum Gasteiger partial charge on any atom is 0.315 e. The van der Waals surface area contributed by atoms with Gasteiger partial charge >= 0.3 is 5.69 Å². The first-order valence-corrected chi connectivity index (χ1v) is 7.27. The van der Waals surface area contributed by atoms with Crippen molar-refractivity contribution < 1.29 is 24.0 Å². The third kappa shape index (κ3) is 4.90. The number of rotatable bonds is 7. The maximum atomic E-state index is 12.8. The lowest BCUT2D eigenvalue weighted by atomic mass is 10.1. The number of aromatic hydroxyl groups is 1. The molecule has 0 aliphatic rings. The summed E-state index contributed by atoms with van der Waals surface area (Å²) in [6.07, 6.45) is 1.06. The quantitative estimate of drug-likeness (QED) is 0.393. The van der Waals surface area contributed by atoms with Gasteiger partial charge in [-0.25, -0.2) is 9.82 Å². The SMILES string of the molecule is COc1cc(/C=N\NC(=O)CNc2ccc(F)cc2)c(O)c([N+](=O)[O-])c1. The van der Waals surface area contributed by atoms with Gasteiger partial charge in [0.1, 0.15) is 11.6 Å². The molecule has 0 bridgehead atoms. The number of hydrogen-bond acceptors (Lipinski definition) is 7. The summed E-state index contributed by atoms with van der Waals surface area (Å²) < 4.78 is 17.7. The van der Waals surface area contributed by atoms with Crippen LogP contribution in [0.2, 0.25) is 0 Å². The summed E-state index contributed by atoms with van der Waals surface area (Å²) >= 11 is 0. The Morgan fingerprint density at radius 2 is 2.08 bits per heavy atom. The summed E-state index contributed by atoms with van der Waals surface area (Å²) in [5.74, 6) is -1.35. The zero-order valence-electron chi connectivity index (χ0n) is 13.6. The Morgan fingerprint density at radius 1 is 1.38 bits per heavy atom. The van der Waals surface area contributed by atoms with Crippen LogP contribution in [0.5, 0.6) is 11.5 Å². The van der Waals surface area contributed by atoms with Crippen LogP contribution < -0.4 is 15.5 Å². The molecular weight excluding hydrogens is 347 g/mol. The Morgan fingerprint density at radius 3 is 2.69 bits per heavy atom. The van der Waals surface area contributed by atoms with Crippen LogP contribution in [0.15, 0.2) is 41.5 Å². The molecule has 0 heterocycles. The number of carbonyl (C=O) groups is 1. The van der Waals surface area contributed by atoms with Crippen LogP contribution in [0.4, 0.5) is 15.8 Å². The number of hydrazone groups is 1. The van der Waals surface area contributed by atoms with Crippen molar-refractivity contribution in [1.29, 1.82) is 0 Å². The molecule has 2 aromatic rings. The molecule has 2 rings (SSSR count). The number of phenolic OH excluding ortho intramolecular Hbond substituents is 1. The zero-order valence-corrected chi connectivity index (χ0v) is 13.6. The lowest BCUT2D eigenvalue weighted by Gasteiger charge is -2.06. The van der Waals surface area contributed by atoms with Gasteiger partial charge in [-0.3, -0.25) is 14.9 Å². The summed E-state index contributed by atoms with van der Waals surface area (Å²) in [6, 6.07) is 7.83. The molecule has 0 saturated heterocycles. The number of nitro groups is 1. The number of benzene rings is 2. The van der Waals surface area contributed by atoms with Gasteiger partial charge in [-0.05, 0) is 30.3 Å². The number of phenols is 1. The number of methoxy groups -OCH3 is 1. The number of nitrogens with zero attached hydrogens (tertiary/aromatic N) is 2. The molecule has 9 nitrogen and oxygen atoms in total. The number of amides is 1. The standard InChI is InChI=1S/C16H15FN4O5/c1-26-13-6-10(16(23)14(7-13)21(24)25)8-19-20-15(22)9-18-12-4-2-11(17)3-5-12/h2-8,18,23H,9H2,1H3,(H,20,22)/b19-8-. The summed E-state index contributed by atoms with van der Waals surface area (Å²) in [6.45, 7) is -0.132. The van der Waals surface area contributed by atoms with E-state index >= 15 is 0 Å². The molecule has 0 aromatic heterocycles. The monoisotopic (exact) mass is 362 g/mol. The van der Waals surface area contributed by atoms with Crippen LogP contribution in [0, 0.1) is 15.9 Å². The second kappa shape index (κ2) is 8.42. The van der Waals surface area contributed by atoms with E-state index in [2.05, 4.69) is 15.8 Å². The second-order valence-electron chi connectivity index (χ2n) is 5.00. The highest BCUT2D eigenvalue weighted by Crippen LogP contribution is 2.33. The average molecular weight is 362 g/mol. The molecule has 0 unspecified atom stereocenters. The van der Waals surface area contributed by atoms with E-state index in [1.165, 1.54) is 37.4 Å². The fraction of sp³-hybridized carbons (Fsp3) is 0.125. The van der Waals surface area contributed by atoms with Crippen LogP contribution in [-0.4, -0.2) is 35.8 Å². The minimum atomic E-state index is -0.764. The van der Waals surface area contributed by atoms with Gasteiger partial charge in [0.05, 0.1) is 30.9 Å². The van der Waals surface area contributed by atoms with E-state index in [1.54, 1.807) is 0 Å². The van der Waals surface area contributed by atoms with Crippen LogP contribution in [-0.2, 0) is 4.79 Å². The third-order valence-corrected chi connectivity index (χ3v) is 3.22. The predicted octanol–water partition coefficient (Wildman–Crippen LogP) is 2.01. The number of anilines is 1. The van der Waals surface area contributed by atoms with Gasteiger partial charge in [0.15, 0.2) is 0 Å². The van der Waals surface area contributed by atoms with Crippen molar-refractivity contribution in [2.75, 3.05) is 19.0 Å². The van der Waals surface area contributed by atoms with E-state index in [4.69, 9.17) is 4.74 Å². The molecule has 10 heteroatoms. The molecule has 0 saturated carbocycles. The van der Waals surface area contributed by atoms with Crippen molar-refractivity contribution in [1.82, 2.24) is 5.43 Å². The highest BCUT2D eigenvalue weighted by molar-refractivity contribution is 5.88. The van der Waals surface area contributed by atoms with E-state index < -0.39 is 28.1 Å². The smallest absolute Gasteiger partial charge is 0.315 e.